The summed E-state index contributed by atoms with van der Waals surface area (Å²) in [4.78, 5) is 21.4. The lowest BCUT2D eigenvalue weighted by molar-refractivity contribution is -0.137. The number of hydrogen-bond donors (Lipinski definition) is 0. The largest absolute Gasteiger partial charge is 0.497 e. The Morgan fingerprint density at radius 3 is 2.69 bits per heavy atom. The van der Waals surface area contributed by atoms with Crippen molar-refractivity contribution in [1.82, 2.24) is 19.9 Å². The summed E-state index contributed by atoms with van der Waals surface area (Å²) in [6.07, 6.45) is 1.80. The number of ether oxygens (including phenoxy) is 1. The molecule has 1 atom stereocenters. The number of amides is 1. The Morgan fingerprint density at radius 1 is 1.22 bits per heavy atom. The third-order valence-electron chi connectivity index (χ3n) is 5.74. The Labute approximate surface area is 186 Å². The first kappa shape index (κ1) is 22.0. The van der Waals surface area contributed by atoms with Gasteiger partial charge in [0.1, 0.15) is 11.6 Å². The van der Waals surface area contributed by atoms with Crippen LogP contribution in [0, 0.1) is 11.7 Å². The van der Waals surface area contributed by atoms with E-state index in [0.29, 0.717) is 24.8 Å². The summed E-state index contributed by atoms with van der Waals surface area (Å²) < 4.78 is 23.7. The Hall–Kier alpha value is -3.26. The lowest BCUT2D eigenvalue weighted by Crippen LogP contribution is -2.43. The van der Waals surface area contributed by atoms with Crippen molar-refractivity contribution in [3.63, 3.8) is 0 Å². The number of halogens is 1. The van der Waals surface area contributed by atoms with Crippen LogP contribution in [0.5, 0.6) is 5.75 Å². The van der Waals surface area contributed by atoms with Gasteiger partial charge in [-0.3, -0.25) is 9.69 Å². The normalized spacial score (nSPS) is 16.7. The van der Waals surface area contributed by atoms with Gasteiger partial charge >= 0.3 is 0 Å². The summed E-state index contributed by atoms with van der Waals surface area (Å²) in [5.74, 6) is 1.37. The van der Waals surface area contributed by atoms with Crippen LogP contribution in [0.3, 0.4) is 0 Å². The summed E-state index contributed by atoms with van der Waals surface area (Å²) in [5, 5.41) is 4.03. The standard InChI is InChI=1S/C24H27FN4O3/c1-28(16-22-26-23(27-32-22)18-7-11-21(31-2)12-8-18)24(30)19-4-3-13-29(15-19)14-17-5-9-20(25)10-6-17/h5-12,19H,3-4,13-16H2,1-2H3/t19-/m0/s1. The molecule has 1 amide bonds. The number of piperidine rings is 1. The van der Waals surface area contributed by atoms with Crippen molar-refractivity contribution in [2.75, 3.05) is 27.2 Å². The first-order chi connectivity index (χ1) is 15.5. The molecule has 8 heteroatoms. The van der Waals surface area contributed by atoms with Gasteiger partial charge in [0.2, 0.25) is 17.6 Å². The average Bonchev–Trinajstić information content (AvgIpc) is 3.28. The van der Waals surface area contributed by atoms with Crippen LogP contribution < -0.4 is 4.74 Å². The Bertz CT molecular complexity index is 1040. The second kappa shape index (κ2) is 9.91. The van der Waals surface area contributed by atoms with E-state index in [2.05, 4.69) is 15.0 Å². The quantitative estimate of drug-likeness (QED) is 0.560. The lowest BCUT2D eigenvalue weighted by Gasteiger charge is -2.33. The first-order valence-corrected chi connectivity index (χ1v) is 10.7. The molecule has 168 valence electrons. The number of hydrogen-bond acceptors (Lipinski definition) is 6. The number of methoxy groups -OCH3 is 1. The third kappa shape index (κ3) is 5.31. The number of carbonyl (C=O) groups excluding carboxylic acids is 1. The molecular formula is C24H27FN4O3. The number of likely N-dealkylation sites (tertiary alicyclic amines) is 1. The molecule has 0 spiro atoms. The molecule has 0 N–H and O–H groups in total. The molecule has 1 aliphatic rings. The van der Waals surface area contributed by atoms with Gasteiger partial charge in [-0.25, -0.2) is 4.39 Å². The number of benzene rings is 2. The second-order valence-electron chi connectivity index (χ2n) is 8.14. The Balaban J connectivity index is 1.33. The molecule has 2 heterocycles. The van der Waals surface area contributed by atoms with Crippen LogP contribution >= 0.6 is 0 Å². The Kier molecular flexibility index (Phi) is 6.80. The van der Waals surface area contributed by atoms with Gasteiger partial charge in [0.05, 0.1) is 19.6 Å². The first-order valence-electron chi connectivity index (χ1n) is 10.7. The van der Waals surface area contributed by atoms with Crippen LogP contribution in [-0.4, -0.2) is 53.1 Å². The van der Waals surface area contributed by atoms with Crippen molar-refractivity contribution in [3.8, 4) is 17.1 Å². The van der Waals surface area contributed by atoms with Crippen molar-refractivity contribution in [3.05, 3.63) is 65.8 Å². The molecule has 0 bridgehead atoms. The van der Waals surface area contributed by atoms with Crippen LogP contribution in [0.25, 0.3) is 11.4 Å². The molecule has 0 radical (unpaired) electrons. The molecule has 1 aliphatic heterocycles. The SMILES string of the molecule is COc1ccc(-c2noc(CN(C)C(=O)[C@H]3CCCN(Cc4ccc(F)cc4)C3)n2)cc1. The topological polar surface area (TPSA) is 71.7 Å². The maximum absolute atomic E-state index is 13.1. The van der Waals surface area contributed by atoms with Crippen molar-refractivity contribution < 1.29 is 18.4 Å². The minimum absolute atomic E-state index is 0.0676. The van der Waals surface area contributed by atoms with Crippen molar-refractivity contribution >= 4 is 5.91 Å². The molecule has 7 nitrogen and oxygen atoms in total. The highest BCUT2D eigenvalue weighted by Gasteiger charge is 2.28. The summed E-state index contributed by atoms with van der Waals surface area (Å²) >= 11 is 0. The van der Waals surface area contributed by atoms with Crippen LogP contribution in [0.1, 0.15) is 24.3 Å². The van der Waals surface area contributed by atoms with E-state index < -0.39 is 0 Å². The molecule has 2 aromatic carbocycles. The number of rotatable bonds is 7. The van der Waals surface area contributed by atoms with Gasteiger partial charge < -0.3 is 14.2 Å². The fraction of sp³-hybridized carbons (Fsp3) is 0.375. The maximum Gasteiger partial charge on any atom is 0.246 e. The summed E-state index contributed by atoms with van der Waals surface area (Å²) in [5.41, 5.74) is 1.86. The lowest BCUT2D eigenvalue weighted by atomic mass is 9.96. The van der Waals surface area contributed by atoms with E-state index in [1.54, 1.807) is 31.2 Å². The van der Waals surface area contributed by atoms with E-state index in [0.717, 1.165) is 36.3 Å². The highest BCUT2D eigenvalue weighted by Crippen LogP contribution is 2.23. The van der Waals surface area contributed by atoms with Crippen LogP contribution in [0.2, 0.25) is 0 Å². The van der Waals surface area contributed by atoms with Gasteiger partial charge in [0.25, 0.3) is 0 Å². The molecular weight excluding hydrogens is 411 g/mol. The minimum Gasteiger partial charge on any atom is -0.497 e. The maximum atomic E-state index is 13.1. The number of nitrogens with zero attached hydrogens (tertiary/aromatic N) is 4. The summed E-state index contributed by atoms with van der Waals surface area (Å²) in [7, 11) is 3.38. The summed E-state index contributed by atoms with van der Waals surface area (Å²) in [6, 6.07) is 13.9. The van der Waals surface area contributed by atoms with E-state index >= 15 is 0 Å². The molecule has 0 unspecified atom stereocenters. The fourth-order valence-corrected chi connectivity index (χ4v) is 4.02. The molecule has 1 fully saturated rings. The minimum atomic E-state index is -0.238. The zero-order valence-electron chi connectivity index (χ0n) is 18.3. The van der Waals surface area contributed by atoms with E-state index in [-0.39, 0.29) is 24.2 Å². The highest BCUT2D eigenvalue weighted by atomic mass is 19.1. The second-order valence-corrected chi connectivity index (χ2v) is 8.14. The Morgan fingerprint density at radius 2 is 1.97 bits per heavy atom. The van der Waals surface area contributed by atoms with Crippen LogP contribution in [0.4, 0.5) is 4.39 Å². The zero-order chi connectivity index (χ0) is 22.5. The van der Waals surface area contributed by atoms with E-state index in [4.69, 9.17) is 9.26 Å². The molecule has 4 rings (SSSR count). The van der Waals surface area contributed by atoms with Crippen molar-refractivity contribution in [2.24, 2.45) is 5.92 Å². The van der Waals surface area contributed by atoms with Crippen LogP contribution in [-0.2, 0) is 17.9 Å². The molecule has 32 heavy (non-hydrogen) atoms. The predicted molar refractivity (Wildman–Crippen MR) is 117 cm³/mol. The zero-order valence-corrected chi connectivity index (χ0v) is 18.3. The van der Waals surface area contributed by atoms with Crippen molar-refractivity contribution in [2.45, 2.75) is 25.9 Å². The molecule has 1 saturated heterocycles. The smallest absolute Gasteiger partial charge is 0.246 e. The molecule has 1 aromatic heterocycles. The van der Waals surface area contributed by atoms with Gasteiger partial charge in [-0.15, -0.1) is 0 Å². The van der Waals surface area contributed by atoms with E-state index in [1.807, 2.05) is 24.3 Å². The molecule has 0 saturated carbocycles. The van der Waals surface area contributed by atoms with Crippen LogP contribution in [0.15, 0.2) is 53.1 Å². The molecule has 3 aromatic rings. The van der Waals surface area contributed by atoms with E-state index in [1.165, 1.54) is 12.1 Å². The number of aromatic nitrogens is 2. The monoisotopic (exact) mass is 438 g/mol. The van der Waals surface area contributed by atoms with Gasteiger partial charge in [-0.1, -0.05) is 17.3 Å². The van der Waals surface area contributed by atoms with Gasteiger partial charge in [0.15, 0.2) is 0 Å². The summed E-state index contributed by atoms with van der Waals surface area (Å²) in [6.45, 7) is 2.58. The van der Waals surface area contributed by atoms with Crippen molar-refractivity contribution in [1.29, 1.82) is 0 Å². The van der Waals surface area contributed by atoms with E-state index in [9.17, 15) is 9.18 Å². The average molecular weight is 439 g/mol. The third-order valence-corrected chi connectivity index (χ3v) is 5.74. The van der Waals surface area contributed by atoms with Gasteiger partial charge in [-0.2, -0.15) is 4.98 Å². The fourth-order valence-electron chi connectivity index (χ4n) is 4.02. The molecule has 0 aliphatic carbocycles. The highest BCUT2D eigenvalue weighted by molar-refractivity contribution is 5.78. The number of carbonyl (C=O) groups is 1. The van der Waals surface area contributed by atoms with Gasteiger partial charge in [0, 0.05) is 25.7 Å². The predicted octanol–water partition coefficient (Wildman–Crippen LogP) is 3.75. The van der Waals surface area contributed by atoms with Gasteiger partial charge in [-0.05, 0) is 61.3 Å².